The average molecular weight is 280 g/mol. The Hall–Kier alpha value is -1.65. The summed E-state index contributed by atoms with van der Waals surface area (Å²) in [6.07, 6.45) is 1.52. The number of ketones is 1. The summed E-state index contributed by atoms with van der Waals surface area (Å²) in [7, 11) is 0. The molecule has 0 fully saturated rings. The molecule has 0 unspecified atom stereocenters. The van der Waals surface area contributed by atoms with Crippen LogP contribution in [0.15, 0.2) is 35.8 Å². The molecule has 3 aromatic rings. The molecule has 2 heterocycles. The van der Waals surface area contributed by atoms with Gasteiger partial charge in [-0.3, -0.25) is 4.79 Å². The van der Waals surface area contributed by atoms with Gasteiger partial charge in [-0.25, -0.2) is 4.39 Å². The van der Waals surface area contributed by atoms with Gasteiger partial charge in [0, 0.05) is 17.1 Å². The summed E-state index contributed by atoms with van der Waals surface area (Å²) in [5, 5.41) is 2.45. The van der Waals surface area contributed by atoms with E-state index in [4.69, 9.17) is 11.6 Å². The van der Waals surface area contributed by atoms with Crippen molar-refractivity contribution in [2.75, 3.05) is 0 Å². The molecule has 0 amide bonds. The van der Waals surface area contributed by atoms with Crippen LogP contribution in [-0.4, -0.2) is 10.8 Å². The molecule has 0 aliphatic heterocycles. The maximum absolute atomic E-state index is 13.8. The van der Waals surface area contributed by atoms with Gasteiger partial charge < -0.3 is 4.98 Å². The number of halogens is 2. The number of aromatic amines is 1. The second-order valence-electron chi connectivity index (χ2n) is 3.79. The zero-order valence-corrected chi connectivity index (χ0v) is 10.6. The van der Waals surface area contributed by atoms with E-state index in [0.29, 0.717) is 26.4 Å². The maximum Gasteiger partial charge on any atom is 0.206 e. The molecule has 0 aliphatic carbocycles. The van der Waals surface area contributed by atoms with E-state index in [-0.39, 0.29) is 5.78 Å². The van der Waals surface area contributed by atoms with Gasteiger partial charge in [0.05, 0.1) is 15.5 Å². The molecule has 5 heteroatoms. The van der Waals surface area contributed by atoms with E-state index >= 15 is 0 Å². The van der Waals surface area contributed by atoms with Crippen LogP contribution in [0, 0.1) is 5.82 Å². The monoisotopic (exact) mass is 279 g/mol. The second kappa shape index (κ2) is 4.23. The van der Waals surface area contributed by atoms with Crippen molar-refractivity contribution < 1.29 is 9.18 Å². The topological polar surface area (TPSA) is 32.9 Å². The third-order valence-corrected chi connectivity index (χ3v) is 4.06. The Morgan fingerprint density at radius 1 is 1.33 bits per heavy atom. The number of benzene rings is 1. The third-order valence-electron chi connectivity index (χ3n) is 2.72. The maximum atomic E-state index is 13.8. The van der Waals surface area contributed by atoms with Gasteiger partial charge >= 0.3 is 0 Å². The summed E-state index contributed by atoms with van der Waals surface area (Å²) >= 11 is 7.18. The fraction of sp³-hybridized carbons (Fsp3) is 0. The molecule has 3 rings (SSSR count). The van der Waals surface area contributed by atoms with Crippen molar-refractivity contribution >= 4 is 39.6 Å². The van der Waals surface area contributed by atoms with Crippen LogP contribution in [-0.2, 0) is 0 Å². The van der Waals surface area contributed by atoms with Crippen LogP contribution in [0.1, 0.15) is 15.2 Å². The number of nitrogens with one attached hydrogen (secondary N) is 1. The molecule has 0 aliphatic rings. The summed E-state index contributed by atoms with van der Waals surface area (Å²) in [5.41, 5.74) is 0.915. The van der Waals surface area contributed by atoms with Crippen molar-refractivity contribution in [3.8, 4) is 0 Å². The zero-order valence-electron chi connectivity index (χ0n) is 9.04. The highest BCUT2D eigenvalue weighted by molar-refractivity contribution is 7.13. The Morgan fingerprint density at radius 2 is 2.17 bits per heavy atom. The predicted octanol–water partition coefficient (Wildman–Crippen LogP) is 4.25. The molecule has 2 aromatic heterocycles. The van der Waals surface area contributed by atoms with Crippen molar-refractivity contribution in [2.45, 2.75) is 0 Å². The van der Waals surface area contributed by atoms with Crippen molar-refractivity contribution in [3.63, 3.8) is 0 Å². The molecule has 0 atom stereocenters. The smallest absolute Gasteiger partial charge is 0.206 e. The highest BCUT2D eigenvalue weighted by atomic mass is 35.5. The number of hydrogen-bond donors (Lipinski definition) is 1. The van der Waals surface area contributed by atoms with Crippen LogP contribution < -0.4 is 0 Å². The lowest BCUT2D eigenvalue weighted by atomic mass is 10.1. The minimum Gasteiger partial charge on any atom is -0.360 e. The second-order valence-corrected chi connectivity index (χ2v) is 5.11. The number of aromatic nitrogens is 1. The van der Waals surface area contributed by atoms with Gasteiger partial charge in [0.15, 0.2) is 0 Å². The highest BCUT2D eigenvalue weighted by Gasteiger charge is 2.19. The van der Waals surface area contributed by atoms with Gasteiger partial charge in [0.1, 0.15) is 5.82 Å². The summed E-state index contributed by atoms with van der Waals surface area (Å²) in [6, 6.07) is 6.32. The number of hydrogen-bond acceptors (Lipinski definition) is 2. The fourth-order valence-electron chi connectivity index (χ4n) is 1.90. The third kappa shape index (κ3) is 1.65. The molecule has 0 saturated heterocycles. The number of thiophene rings is 1. The largest absolute Gasteiger partial charge is 0.360 e. The SMILES string of the molecule is O=C(c1sccc1Cl)c1c[nH]c2cccc(F)c12. The van der Waals surface area contributed by atoms with Crippen molar-refractivity contribution in [3.05, 3.63) is 57.1 Å². The molecule has 1 aromatic carbocycles. The van der Waals surface area contributed by atoms with Crippen LogP contribution in [0.4, 0.5) is 4.39 Å². The Bertz CT molecular complexity index is 746. The van der Waals surface area contributed by atoms with E-state index in [0.717, 1.165) is 0 Å². The Labute approximate surface area is 111 Å². The lowest BCUT2D eigenvalue weighted by Gasteiger charge is -1.98. The molecular weight excluding hydrogens is 273 g/mol. The van der Waals surface area contributed by atoms with Gasteiger partial charge in [-0.2, -0.15) is 0 Å². The minimum absolute atomic E-state index is 0.258. The van der Waals surface area contributed by atoms with Crippen molar-refractivity contribution in [2.24, 2.45) is 0 Å². The zero-order chi connectivity index (χ0) is 12.7. The highest BCUT2D eigenvalue weighted by Crippen LogP contribution is 2.29. The first-order valence-electron chi connectivity index (χ1n) is 5.22. The molecule has 1 N–H and O–H groups in total. The fourth-order valence-corrected chi connectivity index (χ4v) is 2.99. The van der Waals surface area contributed by atoms with Crippen LogP contribution >= 0.6 is 22.9 Å². The van der Waals surface area contributed by atoms with Crippen LogP contribution in [0.2, 0.25) is 5.02 Å². The Kier molecular flexibility index (Phi) is 2.69. The molecular formula is C13H7ClFNOS. The minimum atomic E-state index is -0.412. The quantitative estimate of drug-likeness (QED) is 0.699. The van der Waals surface area contributed by atoms with E-state index in [1.807, 2.05) is 0 Å². The molecule has 90 valence electrons. The van der Waals surface area contributed by atoms with Crippen LogP contribution in [0.5, 0.6) is 0 Å². The van der Waals surface area contributed by atoms with Crippen LogP contribution in [0.3, 0.4) is 0 Å². The van der Waals surface area contributed by atoms with Crippen LogP contribution in [0.25, 0.3) is 10.9 Å². The molecule has 0 radical (unpaired) electrons. The van der Waals surface area contributed by atoms with Gasteiger partial charge in [-0.05, 0) is 23.6 Å². The van der Waals surface area contributed by atoms with E-state index in [1.165, 1.54) is 23.6 Å². The summed E-state index contributed by atoms with van der Waals surface area (Å²) < 4.78 is 13.8. The van der Waals surface area contributed by atoms with Crippen molar-refractivity contribution in [1.82, 2.24) is 4.98 Å². The van der Waals surface area contributed by atoms with E-state index < -0.39 is 5.82 Å². The standard InChI is InChI=1S/C13H7ClFNOS/c14-8-4-5-18-13(8)12(17)7-6-16-10-3-1-2-9(15)11(7)10/h1-6,16H. The lowest BCUT2D eigenvalue weighted by Crippen LogP contribution is -1.98. The molecule has 2 nitrogen and oxygen atoms in total. The van der Waals surface area contributed by atoms with E-state index in [1.54, 1.807) is 23.6 Å². The number of carbonyl (C=O) groups excluding carboxylic acids is 1. The molecule has 0 spiro atoms. The Balaban J connectivity index is 2.22. The number of carbonyl (C=O) groups is 1. The molecule has 0 bridgehead atoms. The first-order chi connectivity index (χ1) is 8.68. The van der Waals surface area contributed by atoms with E-state index in [9.17, 15) is 9.18 Å². The summed E-state index contributed by atoms with van der Waals surface area (Å²) in [6.45, 7) is 0. The summed E-state index contributed by atoms with van der Waals surface area (Å²) in [4.78, 5) is 15.6. The normalized spacial score (nSPS) is 11.0. The van der Waals surface area contributed by atoms with Crippen molar-refractivity contribution in [1.29, 1.82) is 0 Å². The molecule has 18 heavy (non-hydrogen) atoms. The number of H-pyrrole nitrogens is 1. The first kappa shape index (κ1) is 11.4. The van der Waals surface area contributed by atoms with Gasteiger partial charge in [0.25, 0.3) is 0 Å². The van der Waals surface area contributed by atoms with Gasteiger partial charge in [-0.1, -0.05) is 17.7 Å². The number of rotatable bonds is 2. The molecule has 0 saturated carbocycles. The van der Waals surface area contributed by atoms with E-state index in [2.05, 4.69) is 4.98 Å². The van der Waals surface area contributed by atoms with Gasteiger partial charge in [-0.15, -0.1) is 11.3 Å². The predicted molar refractivity (Wildman–Crippen MR) is 71.0 cm³/mol. The summed E-state index contributed by atoms with van der Waals surface area (Å²) in [5.74, 6) is -0.670. The average Bonchev–Trinajstić information content (AvgIpc) is 2.95. The Morgan fingerprint density at radius 3 is 2.89 bits per heavy atom. The van der Waals surface area contributed by atoms with Gasteiger partial charge in [0.2, 0.25) is 5.78 Å². The number of fused-ring (bicyclic) bond motifs is 1. The first-order valence-corrected chi connectivity index (χ1v) is 6.47. The lowest BCUT2D eigenvalue weighted by molar-refractivity contribution is 0.104.